The zero-order chi connectivity index (χ0) is 14.8. The van der Waals surface area contributed by atoms with Crippen LogP contribution in [0.2, 0.25) is 0 Å². The van der Waals surface area contributed by atoms with Gasteiger partial charge in [-0.1, -0.05) is 30.3 Å². The maximum Gasteiger partial charge on any atom is 0.241 e. The Bertz CT molecular complexity index is 679. The summed E-state index contributed by atoms with van der Waals surface area (Å²) < 4.78 is 0. The lowest BCUT2D eigenvalue weighted by Crippen LogP contribution is -2.44. The maximum absolute atomic E-state index is 12.4. The standard InChI is InChI=1S/C18H20N2O/c1-12-7-8-16(9-13(12)2)20-18(21)17-10-14-5-3-4-6-15(14)11-19-17/h3-9,17,19H,10-11H2,1-2H3,(H,20,21). The van der Waals surface area contributed by atoms with Crippen LogP contribution in [0.1, 0.15) is 22.3 Å². The highest BCUT2D eigenvalue weighted by Crippen LogP contribution is 2.18. The number of aryl methyl sites for hydroxylation is 2. The number of carbonyl (C=O) groups is 1. The molecule has 3 nitrogen and oxygen atoms in total. The molecule has 1 aliphatic heterocycles. The van der Waals surface area contributed by atoms with E-state index in [1.54, 1.807) is 0 Å². The van der Waals surface area contributed by atoms with Crippen LogP contribution in [0.15, 0.2) is 42.5 Å². The molecule has 108 valence electrons. The number of hydrogen-bond acceptors (Lipinski definition) is 2. The summed E-state index contributed by atoms with van der Waals surface area (Å²) in [6, 6.07) is 14.1. The Balaban J connectivity index is 1.70. The summed E-state index contributed by atoms with van der Waals surface area (Å²) in [6.07, 6.45) is 0.743. The van der Waals surface area contributed by atoms with E-state index < -0.39 is 0 Å². The molecule has 0 saturated heterocycles. The molecule has 1 aliphatic rings. The topological polar surface area (TPSA) is 41.1 Å². The quantitative estimate of drug-likeness (QED) is 0.888. The third-order valence-corrected chi connectivity index (χ3v) is 4.17. The molecular weight excluding hydrogens is 260 g/mol. The first-order valence-corrected chi connectivity index (χ1v) is 7.32. The van der Waals surface area contributed by atoms with Crippen molar-refractivity contribution >= 4 is 11.6 Å². The Morgan fingerprint density at radius 3 is 2.62 bits per heavy atom. The second kappa shape index (κ2) is 5.70. The molecule has 0 aliphatic carbocycles. The van der Waals surface area contributed by atoms with E-state index >= 15 is 0 Å². The van der Waals surface area contributed by atoms with Gasteiger partial charge in [-0.3, -0.25) is 4.79 Å². The molecule has 0 fully saturated rings. The smallest absolute Gasteiger partial charge is 0.241 e. The summed E-state index contributed by atoms with van der Waals surface area (Å²) in [7, 11) is 0. The summed E-state index contributed by atoms with van der Waals surface area (Å²) in [5, 5.41) is 6.32. The molecule has 0 aromatic heterocycles. The molecule has 3 heteroatoms. The summed E-state index contributed by atoms with van der Waals surface area (Å²) in [6.45, 7) is 4.88. The van der Waals surface area contributed by atoms with E-state index in [1.165, 1.54) is 22.3 Å². The number of carbonyl (C=O) groups excluding carboxylic acids is 1. The lowest BCUT2D eigenvalue weighted by atomic mass is 9.95. The zero-order valence-electron chi connectivity index (χ0n) is 12.4. The Morgan fingerprint density at radius 1 is 1.10 bits per heavy atom. The van der Waals surface area contributed by atoms with Gasteiger partial charge in [0.2, 0.25) is 5.91 Å². The second-order valence-electron chi connectivity index (χ2n) is 5.69. The molecular formula is C18H20N2O. The van der Waals surface area contributed by atoms with Crippen LogP contribution < -0.4 is 10.6 Å². The Morgan fingerprint density at radius 2 is 1.86 bits per heavy atom. The Kier molecular flexibility index (Phi) is 3.76. The molecule has 0 radical (unpaired) electrons. The van der Waals surface area contributed by atoms with Gasteiger partial charge in [0, 0.05) is 12.2 Å². The predicted octanol–water partition coefficient (Wildman–Crippen LogP) is 2.96. The van der Waals surface area contributed by atoms with Gasteiger partial charge in [0.25, 0.3) is 0 Å². The minimum atomic E-state index is -0.165. The summed E-state index contributed by atoms with van der Waals surface area (Å²) in [5.41, 5.74) is 5.83. The van der Waals surface area contributed by atoms with E-state index in [9.17, 15) is 4.79 Å². The highest BCUT2D eigenvalue weighted by molar-refractivity contribution is 5.95. The van der Waals surface area contributed by atoms with Gasteiger partial charge in [0.15, 0.2) is 0 Å². The van der Waals surface area contributed by atoms with Crippen molar-refractivity contribution < 1.29 is 4.79 Å². The molecule has 1 atom stereocenters. The van der Waals surface area contributed by atoms with Crippen molar-refractivity contribution in [1.29, 1.82) is 0 Å². The number of hydrogen-bond donors (Lipinski definition) is 2. The number of nitrogens with one attached hydrogen (secondary N) is 2. The first-order chi connectivity index (χ1) is 10.1. The highest BCUT2D eigenvalue weighted by atomic mass is 16.2. The van der Waals surface area contributed by atoms with E-state index in [0.717, 1.165) is 18.7 Å². The molecule has 2 aromatic rings. The second-order valence-corrected chi connectivity index (χ2v) is 5.69. The van der Waals surface area contributed by atoms with Gasteiger partial charge in [0.1, 0.15) is 0 Å². The average Bonchev–Trinajstić information content (AvgIpc) is 2.50. The van der Waals surface area contributed by atoms with E-state index in [2.05, 4.69) is 36.6 Å². The fourth-order valence-electron chi connectivity index (χ4n) is 2.69. The summed E-state index contributed by atoms with van der Waals surface area (Å²) >= 11 is 0. The van der Waals surface area contributed by atoms with E-state index in [1.807, 2.05) is 30.3 Å². The maximum atomic E-state index is 12.4. The number of fused-ring (bicyclic) bond motifs is 1. The van der Waals surface area contributed by atoms with Crippen molar-refractivity contribution in [1.82, 2.24) is 5.32 Å². The van der Waals surface area contributed by atoms with Crippen LogP contribution in [0.3, 0.4) is 0 Å². The van der Waals surface area contributed by atoms with Gasteiger partial charge in [-0.25, -0.2) is 0 Å². The first kappa shape index (κ1) is 13.8. The van der Waals surface area contributed by atoms with Gasteiger partial charge in [-0.05, 0) is 54.7 Å². The zero-order valence-corrected chi connectivity index (χ0v) is 12.4. The SMILES string of the molecule is Cc1ccc(NC(=O)C2Cc3ccccc3CN2)cc1C. The molecule has 0 bridgehead atoms. The van der Waals surface area contributed by atoms with Crippen molar-refractivity contribution in [3.63, 3.8) is 0 Å². The van der Waals surface area contributed by atoms with E-state index in [0.29, 0.717) is 0 Å². The lowest BCUT2D eigenvalue weighted by Gasteiger charge is -2.25. The monoisotopic (exact) mass is 280 g/mol. The summed E-state index contributed by atoms with van der Waals surface area (Å²) in [5.74, 6) is 0.0350. The van der Waals surface area contributed by atoms with Crippen molar-refractivity contribution in [2.75, 3.05) is 5.32 Å². The van der Waals surface area contributed by atoms with Gasteiger partial charge in [0.05, 0.1) is 6.04 Å². The normalized spacial score (nSPS) is 17.1. The predicted molar refractivity (Wildman–Crippen MR) is 85.3 cm³/mol. The Labute approximate surface area is 125 Å². The van der Waals surface area contributed by atoms with E-state index in [4.69, 9.17) is 0 Å². The van der Waals surface area contributed by atoms with Crippen molar-refractivity contribution in [3.05, 3.63) is 64.7 Å². The lowest BCUT2D eigenvalue weighted by molar-refractivity contribution is -0.118. The highest BCUT2D eigenvalue weighted by Gasteiger charge is 2.23. The van der Waals surface area contributed by atoms with Crippen molar-refractivity contribution in [2.24, 2.45) is 0 Å². The number of rotatable bonds is 2. The molecule has 21 heavy (non-hydrogen) atoms. The van der Waals surface area contributed by atoms with Gasteiger partial charge >= 0.3 is 0 Å². The minimum Gasteiger partial charge on any atom is -0.325 e. The molecule has 1 amide bonds. The van der Waals surface area contributed by atoms with Gasteiger partial charge < -0.3 is 10.6 Å². The van der Waals surface area contributed by atoms with Crippen LogP contribution in [-0.2, 0) is 17.8 Å². The van der Waals surface area contributed by atoms with Gasteiger partial charge in [-0.2, -0.15) is 0 Å². The summed E-state index contributed by atoms with van der Waals surface area (Å²) in [4.78, 5) is 12.4. The van der Waals surface area contributed by atoms with Crippen LogP contribution >= 0.6 is 0 Å². The van der Waals surface area contributed by atoms with Crippen LogP contribution in [-0.4, -0.2) is 11.9 Å². The van der Waals surface area contributed by atoms with Crippen LogP contribution in [0, 0.1) is 13.8 Å². The molecule has 0 saturated carbocycles. The van der Waals surface area contributed by atoms with E-state index in [-0.39, 0.29) is 11.9 Å². The first-order valence-electron chi connectivity index (χ1n) is 7.32. The molecule has 3 rings (SSSR count). The number of amides is 1. The average molecular weight is 280 g/mol. The fourth-order valence-corrected chi connectivity index (χ4v) is 2.69. The third kappa shape index (κ3) is 2.98. The molecule has 0 spiro atoms. The van der Waals surface area contributed by atoms with Crippen molar-refractivity contribution in [2.45, 2.75) is 32.9 Å². The largest absolute Gasteiger partial charge is 0.325 e. The Hall–Kier alpha value is -2.13. The fraction of sp³-hybridized carbons (Fsp3) is 0.278. The minimum absolute atomic E-state index is 0.0350. The number of benzene rings is 2. The third-order valence-electron chi connectivity index (χ3n) is 4.17. The van der Waals surface area contributed by atoms with Crippen LogP contribution in [0.25, 0.3) is 0 Å². The molecule has 1 unspecified atom stereocenters. The van der Waals surface area contributed by atoms with Crippen LogP contribution in [0.5, 0.6) is 0 Å². The molecule has 2 N–H and O–H groups in total. The molecule has 2 aromatic carbocycles. The number of anilines is 1. The van der Waals surface area contributed by atoms with Gasteiger partial charge in [-0.15, -0.1) is 0 Å². The van der Waals surface area contributed by atoms with Crippen LogP contribution in [0.4, 0.5) is 5.69 Å². The molecule has 1 heterocycles. The van der Waals surface area contributed by atoms with Crippen molar-refractivity contribution in [3.8, 4) is 0 Å².